The maximum Gasteiger partial charge on any atom is 0.133 e. The van der Waals surface area contributed by atoms with Crippen LogP contribution in [0, 0.1) is 0 Å². The van der Waals surface area contributed by atoms with E-state index < -0.39 is 0 Å². The van der Waals surface area contributed by atoms with E-state index in [0.29, 0.717) is 6.04 Å². The number of nitrogens with zero attached hydrogens (tertiary/aromatic N) is 3. The van der Waals surface area contributed by atoms with Gasteiger partial charge >= 0.3 is 0 Å². The van der Waals surface area contributed by atoms with Gasteiger partial charge in [0.25, 0.3) is 0 Å². The number of fused-ring (bicyclic) bond motifs is 1. The molecule has 0 aliphatic carbocycles. The smallest absolute Gasteiger partial charge is 0.133 e. The first-order valence-electron chi connectivity index (χ1n) is 5.97. The van der Waals surface area contributed by atoms with Gasteiger partial charge in [-0.3, -0.25) is 0 Å². The highest BCUT2D eigenvalue weighted by Crippen LogP contribution is 2.15. The third-order valence-corrected chi connectivity index (χ3v) is 3.06. The number of hydrogen-bond donors (Lipinski definition) is 1. The minimum absolute atomic E-state index is 0.290. The number of nitrogens with two attached hydrogens (primary N) is 1. The standard InChI is InChI=1S/C11H20N4/c1-2-3-4-5-10-13-14-11-7-6-9(12)8-15(10)11/h9H,2-8,12H2,1H3. The fourth-order valence-corrected chi connectivity index (χ4v) is 2.13. The molecule has 84 valence electrons. The van der Waals surface area contributed by atoms with Crippen LogP contribution in [0.5, 0.6) is 0 Å². The molecule has 0 saturated heterocycles. The van der Waals surface area contributed by atoms with Gasteiger partial charge < -0.3 is 10.3 Å². The Morgan fingerprint density at radius 1 is 1.40 bits per heavy atom. The molecular weight excluding hydrogens is 188 g/mol. The lowest BCUT2D eigenvalue weighted by Gasteiger charge is -2.20. The van der Waals surface area contributed by atoms with Crippen molar-refractivity contribution in [2.75, 3.05) is 0 Å². The highest BCUT2D eigenvalue weighted by molar-refractivity contribution is 5.01. The molecule has 1 aromatic rings. The van der Waals surface area contributed by atoms with E-state index in [-0.39, 0.29) is 0 Å². The Balaban J connectivity index is 2.02. The molecule has 4 heteroatoms. The van der Waals surface area contributed by atoms with E-state index in [0.717, 1.165) is 37.5 Å². The van der Waals surface area contributed by atoms with E-state index in [9.17, 15) is 0 Å². The topological polar surface area (TPSA) is 56.7 Å². The number of aryl methyl sites for hydroxylation is 2. The highest BCUT2D eigenvalue weighted by Gasteiger charge is 2.19. The summed E-state index contributed by atoms with van der Waals surface area (Å²) in [5.74, 6) is 2.26. The zero-order chi connectivity index (χ0) is 10.7. The normalized spacial score (nSPS) is 20.3. The van der Waals surface area contributed by atoms with Crippen molar-refractivity contribution in [1.82, 2.24) is 14.8 Å². The van der Waals surface area contributed by atoms with Crippen LogP contribution in [0.1, 0.15) is 44.3 Å². The van der Waals surface area contributed by atoms with E-state index in [1.54, 1.807) is 0 Å². The average molecular weight is 208 g/mol. The molecule has 2 rings (SSSR count). The number of unbranched alkanes of at least 4 members (excludes halogenated alkanes) is 2. The van der Waals surface area contributed by atoms with Gasteiger partial charge in [0, 0.05) is 25.4 Å². The monoisotopic (exact) mass is 208 g/mol. The van der Waals surface area contributed by atoms with Gasteiger partial charge in [-0.15, -0.1) is 10.2 Å². The maximum atomic E-state index is 5.96. The molecular formula is C11H20N4. The largest absolute Gasteiger partial charge is 0.326 e. The van der Waals surface area contributed by atoms with Crippen LogP contribution < -0.4 is 5.73 Å². The van der Waals surface area contributed by atoms with Crippen molar-refractivity contribution in [2.24, 2.45) is 5.73 Å². The van der Waals surface area contributed by atoms with Crippen LogP contribution in [-0.4, -0.2) is 20.8 Å². The fourth-order valence-electron chi connectivity index (χ4n) is 2.13. The molecule has 1 aromatic heterocycles. The van der Waals surface area contributed by atoms with Crippen molar-refractivity contribution < 1.29 is 0 Å². The molecule has 0 radical (unpaired) electrons. The minimum Gasteiger partial charge on any atom is -0.326 e. The second-order valence-corrected chi connectivity index (χ2v) is 4.40. The summed E-state index contributed by atoms with van der Waals surface area (Å²) in [6.07, 6.45) is 6.82. The van der Waals surface area contributed by atoms with Crippen molar-refractivity contribution in [1.29, 1.82) is 0 Å². The highest BCUT2D eigenvalue weighted by atomic mass is 15.3. The Kier molecular flexibility index (Phi) is 3.36. The Bertz CT molecular complexity index is 318. The molecule has 15 heavy (non-hydrogen) atoms. The predicted molar refractivity (Wildman–Crippen MR) is 59.5 cm³/mol. The van der Waals surface area contributed by atoms with Crippen LogP contribution in [0.15, 0.2) is 0 Å². The van der Waals surface area contributed by atoms with E-state index in [2.05, 4.69) is 21.7 Å². The van der Waals surface area contributed by atoms with Crippen LogP contribution in [0.25, 0.3) is 0 Å². The lowest BCUT2D eigenvalue weighted by atomic mass is 10.1. The van der Waals surface area contributed by atoms with Gasteiger partial charge in [0.05, 0.1) is 0 Å². The Morgan fingerprint density at radius 3 is 3.07 bits per heavy atom. The Morgan fingerprint density at radius 2 is 2.27 bits per heavy atom. The molecule has 1 aliphatic heterocycles. The van der Waals surface area contributed by atoms with Gasteiger partial charge in [0.1, 0.15) is 11.6 Å². The van der Waals surface area contributed by atoms with Crippen LogP contribution >= 0.6 is 0 Å². The predicted octanol–water partition coefficient (Wildman–Crippen LogP) is 1.28. The molecule has 1 atom stereocenters. The number of rotatable bonds is 4. The summed E-state index contributed by atoms with van der Waals surface area (Å²) in [6, 6.07) is 0.290. The summed E-state index contributed by atoms with van der Waals surface area (Å²) >= 11 is 0. The second-order valence-electron chi connectivity index (χ2n) is 4.40. The number of hydrogen-bond acceptors (Lipinski definition) is 3. The fraction of sp³-hybridized carbons (Fsp3) is 0.818. The van der Waals surface area contributed by atoms with Gasteiger partial charge in [-0.25, -0.2) is 0 Å². The molecule has 0 spiro atoms. The SMILES string of the molecule is CCCCCc1nnc2n1CC(N)CC2. The maximum absolute atomic E-state index is 5.96. The molecule has 0 bridgehead atoms. The summed E-state index contributed by atoms with van der Waals surface area (Å²) in [5, 5.41) is 8.49. The van der Waals surface area contributed by atoms with E-state index in [4.69, 9.17) is 5.73 Å². The first kappa shape index (κ1) is 10.6. The van der Waals surface area contributed by atoms with Gasteiger partial charge in [-0.1, -0.05) is 19.8 Å². The second kappa shape index (κ2) is 4.75. The quantitative estimate of drug-likeness (QED) is 0.758. The molecule has 0 aromatic carbocycles. The Hall–Kier alpha value is -0.900. The summed E-state index contributed by atoms with van der Waals surface area (Å²) in [6.45, 7) is 3.12. The van der Waals surface area contributed by atoms with Crippen molar-refractivity contribution in [3.63, 3.8) is 0 Å². The zero-order valence-corrected chi connectivity index (χ0v) is 9.45. The summed E-state index contributed by atoms with van der Waals surface area (Å²) in [7, 11) is 0. The molecule has 2 N–H and O–H groups in total. The number of aromatic nitrogens is 3. The van der Waals surface area contributed by atoms with Crippen molar-refractivity contribution in [3.05, 3.63) is 11.6 Å². The third-order valence-electron chi connectivity index (χ3n) is 3.06. The van der Waals surface area contributed by atoms with Gasteiger partial charge in [0.15, 0.2) is 0 Å². The summed E-state index contributed by atoms with van der Waals surface area (Å²) in [4.78, 5) is 0. The van der Waals surface area contributed by atoms with Crippen molar-refractivity contribution in [3.8, 4) is 0 Å². The molecule has 4 nitrogen and oxygen atoms in total. The van der Waals surface area contributed by atoms with Gasteiger partial charge in [-0.05, 0) is 12.8 Å². The Labute approximate surface area is 90.9 Å². The van der Waals surface area contributed by atoms with E-state index in [1.165, 1.54) is 19.3 Å². The average Bonchev–Trinajstić information content (AvgIpc) is 2.62. The van der Waals surface area contributed by atoms with Crippen molar-refractivity contribution >= 4 is 0 Å². The molecule has 0 amide bonds. The molecule has 1 unspecified atom stereocenters. The van der Waals surface area contributed by atoms with Crippen molar-refractivity contribution in [2.45, 2.75) is 58.0 Å². The van der Waals surface area contributed by atoms with Crippen LogP contribution in [0.2, 0.25) is 0 Å². The minimum atomic E-state index is 0.290. The van der Waals surface area contributed by atoms with Gasteiger partial charge in [0.2, 0.25) is 0 Å². The molecule has 0 saturated carbocycles. The van der Waals surface area contributed by atoms with Gasteiger partial charge in [-0.2, -0.15) is 0 Å². The molecule has 2 heterocycles. The van der Waals surface area contributed by atoms with E-state index >= 15 is 0 Å². The first-order chi connectivity index (χ1) is 7.31. The molecule has 1 aliphatic rings. The lowest BCUT2D eigenvalue weighted by Crippen LogP contribution is -2.32. The summed E-state index contributed by atoms with van der Waals surface area (Å²) < 4.78 is 2.23. The van der Waals surface area contributed by atoms with E-state index in [1.807, 2.05) is 0 Å². The van der Waals surface area contributed by atoms with Crippen LogP contribution in [0.3, 0.4) is 0 Å². The van der Waals surface area contributed by atoms with Crippen LogP contribution in [-0.2, 0) is 19.4 Å². The lowest BCUT2D eigenvalue weighted by molar-refractivity contribution is 0.441. The first-order valence-corrected chi connectivity index (χ1v) is 5.97. The molecule has 0 fully saturated rings. The third kappa shape index (κ3) is 2.37. The summed E-state index contributed by atoms with van der Waals surface area (Å²) in [5.41, 5.74) is 5.96. The van der Waals surface area contributed by atoms with Crippen LogP contribution in [0.4, 0.5) is 0 Å². The zero-order valence-electron chi connectivity index (χ0n) is 9.45.